The van der Waals surface area contributed by atoms with E-state index in [1.54, 1.807) is 6.08 Å². The molecule has 17 heavy (non-hydrogen) atoms. The normalized spacial score (nSPS) is 18.1. The summed E-state index contributed by atoms with van der Waals surface area (Å²) < 4.78 is 5.24. The first-order chi connectivity index (χ1) is 8.20. The summed E-state index contributed by atoms with van der Waals surface area (Å²) in [6, 6.07) is 0. The quantitative estimate of drug-likeness (QED) is 0.553. The van der Waals surface area contributed by atoms with E-state index >= 15 is 0 Å². The van der Waals surface area contributed by atoms with Gasteiger partial charge in [-0.1, -0.05) is 31.7 Å². The second-order valence-electron chi connectivity index (χ2n) is 4.00. The first kappa shape index (κ1) is 13.7. The lowest BCUT2D eigenvalue weighted by Gasteiger charge is -2.27. The summed E-state index contributed by atoms with van der Waals surface area (Å²) in [6.45, 7) is 10.3. The molecule has 1 fully saturated rings. The lowest BCUT2D eigenvalue weighted by atomic mass is 10.1. The number of nitrogens with zero attached hydrogens (tertiary/aromatic N) is 1. The van der Waals surface area contributed by atoms with Crippen LogP contribution in [-0.4, -0.2) is 37.1 Å². The van der Waals surface area contributed by atoms with E-state index in [2.05, 4.69) is 13.5 Å². The van der Waals surface area contributed by atoms with Crippen LogP contribution in [0, 0.1) is 0 Å². The molecule has 1 amide bonds. The average molecular weight is 235 g/mol. The highest BCUT2D eigenvalue weighted by Gasteiger charge is 2.19. The second-order valence-corrected chi connectivity index (χ2v) is 4.00. The van der Waals surface area contributed by atoms with E-state index in [1.807, 2.05) is 24.0 Å². The van der Waals surface area contributed by atoms with Crippen molar-refractivity contribution in [1.82, 2.24) is 4.90 Å². The average Bonchev–Trinajstić information content (AvgIpc) is 2.39. The highest BCUT2D eigenvalue weighted by atomic mass is 16.5. The lowest BCUT2D eigenvalue weighted by Crippen LogP contribution is -2.41. The number of rotatable bonds is 4. The van der Waals surface area contributed by atoms with Gasteiger partial charge in [-0.25, -0.2) is 0 Å². The molecule has 0 bridgehead atoms. The van der Waals surface area contributed by atoms with Gasteiger partial charge in [-0.15, -0.1) is 0 Å². The van der Waals surface area contributed by atoms with Gasteiger partial charge in [-0.3, -0.25) is 4.79 Å². The van der Waals surface area contributed by atoms with Crippen molar-refractivity contribution < 1.29 is 9.53 Å². The van der Waals surface area contributed by atoms with Crippen LogP contribution in [0.15, 0.2) is 36.0 Å². The molecular formula is C14H21NO2. The SMILES string of the molecule is C=CC=CC(CC)=C(C)C(=O)N1CCOCC1. The molecule has 3 nitrogen and oxygen atoms in total. The smallest absolute Gasteiger partial charge is 0.249 e. The Kier molecular flexibility index (Phi) is 5.70. The third-order valence-corrected chi connectivity index (χ3v) is 2.92. The molecule has 0 radical (unpaired) electrons. The topological polar surface area (TPSA) is 29.5 Å². The van der Waals surface area contributed by atoms with Crippen LogP contribution in [0.2, 0.25) is 0 Å². The molecule has 0 aromatic carbocycles. The molecule has 1 aliphatic heterocycles. The van der Waals surface area contributed by atoms with Crippen molar-refractivity contribution in [2.75, 3.05) is 26.3 Å². The molecular weight excluding hydrogens is 214 g/mol. The second kappa shape index (κ2) is 7.07. The molecule has 1 aliphatic rings. The molecule has 1 rings (SSSR count). The maximum absolute atomic E-state index is 12.2. The van der Waals surface area contributed by atoms with Crippen molar-refractivity contribution in [3.8, 4) is 0 Å². The fraction of sp³-hybridized carbons (Fsp3) is 0.500. The first-order valence-electron chi connectivity index (χ1n) is 6.06. The predicted octanol–water partition coefficient (Wildman–Crippen LogP) is 2.31. The van der Waals surface area contributed by atoms with Gasteiger partial charge in [0.2, 0.25) is 5.91 Å². The van der Waals surface area contributed by atoms with Crippen LogP contribution in [0.3, 0.4) is 0 Å². The van der Waals surface area contributed by atoms with Crippen molar-refractivity contribution in [3.63, 3.8) is 0 Å². The Balaban J connectivity index is 2.79. The molecule has 0 unspecified atom stereocenters. The zero-order valence-electron chi connectivity index (χ0n) is 10.7. The number of carbonyl (C=O) groups is 1. The molecule has 1 heterocycles. The maximum atomic E-state index is 12.2. The fourth-order valence-electron chi connectivity index (χ4n) is 1.83. The number of morpholine rings is 1. The molecule has 0 saturated carbocycles. The Labute approximate surface area is 103 Å². The van der Waals surface area contributed by atoms with Crippen molar-refractivity contribution in [1.29, 1.82) is 0 Å². The minimum Gasteiger partial charge on any atom is -0.378 e. The largest absolute Gasteiger partial charge is 0.378 e. The maximum Gasteiger partial charge on any atom is 0.249 e. The van der Waals surface area contributed by atoms with Crippen molar-refractivity contribution in [2.45, 2.75) is 20.3 Å². The van der Waals surface area contributed by atoms with E-state index in [0.717, 1.165) is 17.6 Å². The van der Waals surface area contributed by atoms with Gasteiger partial charge in [-0.2, -0.15) is 0 Å². The highest BCUT2D eigenvalue weighted by Crippen LogP contribution is 2.14. The summed E-state index contributed by atoms with van der Waals surface area (Å²) in [5.41, 5.74) is 1.90. The summed E-state index contributed by atoms with van der Waals surface area (Å²) >= 11 is 0. The third kappa shape index (κ3) is 3.86. The zero-order valence-corrected chi connectivity index (χ0v) is 10.7. The van der Waals surface area contributed by atoms with Gasteiger partial charge >= 0.3 is 0 Å². The molecule has 0 aliphatic carbocycles. The Morgan fingerprint density at radius 1 is 1.41 bits per heavy atom. The Hall–Kier alpha value is -1.35. The monoisotopic (exact) mass is 235 g/mol. The summed E-state index contributed by atoms with van der Waals surface area (Å²) in [4.78, 5) is 14.1. The number of allylic oxidation sites excluding steroid dienone is 4. The van der Waals surface area contributed by atoms with Crippen molar-refractivity contribution in [3.05, 3.63) is 36.0 Å². The van der Waals surface area contributed by atoms with Gasteiger partial charge in [0.25, 0.3) is 0 Å². The Bertz CT molecular complexity index is 336. The fourth-order valence-corrected chi connectivity index (χ4v) is 1.83. The standard InChI is InChI=1S/C14H21NO2/c1-4-6-7-13(5-2)12(3)14(16)15-8-10-17-11-9-15/h4,6-7H,1,5,8-11H2,2-3H3. The molecule has 1 saturated heterocycles. The number of hydrogen-bond donors (Lipinski definition) is 0. The highest BCUT2D eigenvalue weighted by molar-refractivity contribution is 5.94. The summed E-state index contributed by atoms with van der Waals surface area (Å²) in [7, 11) is 0. The number of ether oxygens (including phenoxy) is 1. The van der Waals surface area contributed by atoms with E-state index in [0.29, 0.717) is 26.3 Å². The van der Waals surface area contributed by atoms with Gasteiger partial charge < -0.3 is 9.64 Å². The summed E-state index contributed by atoms with van der Waals surface area (Å²) in [5.74, 6) is 0.124. The lowest BCUT2D eigenvalue weighted by molar-refractivity contribution is -0.131. The van der Waals surface area contributed by atoms with Crippen molar-refractivity contribution >= 4 is 5.91 Å². The molecule has 0 atom stereocenters. The molecule has 0 aromatic rings. The van der Waals surface area contributed by atoms with Gasteiger partial charge in [-0.05, 0) is 18.9 Å². The molecule has 0 N–H and O–H groups in total. The van der Waals surface area contributed by atoms with E-state index in [4.69, 9.17) is 4.74 Å². The first-order valence-corrected chi connectivity index (χ1v) is 6.06. The van der Waals surface area contributed by atoms with Gasteiger partial charge in [0, 0.05) is 18.7 Å². The van der Waals surface area contributed by atoms with Crippen LogP contribution in [0.25, 0.3) is 0 Å². The predicted molar refractivity (Wildman–Crippen MR) is 69.7 cm³/mol. The minimum absolute atomic E-state index is 0.124. The Morgan fingerprint density at radius 3 is 2.59 bits per heavy atom. The third-order valence-electron chi connectivity index (χ3n) is 2.92. The number of hydrogen-bond acceptors (Lipinski definition) is 2. The number of amides is 1. The summed E-state index contributed by atoms with van der Waals surface area (Å²) in [6.07, 6.45) is 6.41. The molecule has 94 valence electrons. The molecule has 0 aromatic heterocycles. The van der Waals surface area contributed by atoms with Crippen LogP contribution >= 0.6 is 0 Å². The van der Waals surface area contributed by atoms with E-state index in [9.17, 15) is 4.79 Å². The Morgan fingerprint density at radius 2 is 2.06 bits per heavy atom. The van der Waals surface area contributed by atoms with Crippen LogP contribution in [0.1, 0.15) is 20.3 Å². The van der Waals surface area contributed by atoms with Crippen molar-refractivity contribution in [2.24, 2.45) is 0 Å². The van der Waals surface area contributed by atoms with E-state index in [1.165, 1.54) is 0 Å². The van der Waals surface area contributed by atoms with Crippen LogP contribution in [-0.2, 0) is 9.53 Å². The molecule has 0 spiro atoms. The van der Waals surface area contributed by atoms with Gasteiger partial charge in [0.1, 0.15) is 0 Å². The zero-order chi connectivity index (χ0) is 12.7. The van der Waals surface area contributed by atoms with E-state index < -0.39 is 0 Å². The van der Waals surface area contributed by atoms with Crippen LogP contribution < -0.4 is 0 Å². The van der Waals surface area contributed by atoms with Crippen LogP contribution in [0.5, 0.6) is 0 Å². The molecule has 3 heteroatoms. The van der Waals surface area contributed by atoms with Gasteiger partial charge in [0.05, 0.1) is 13.2 Å². The number of carbonyl (C=O) groups excluding carboxylic acids is 1. The van der Waals surface area contributed by atoms with E-state index in [-0.39, 0.29) is 5.91 Å². The van der Waals surface area contributed by atoms with Gasteiger partial charge in [0.15, 0.2) is 0 Å². The summed E-state index contributed by atoms with van der Waals surface area (Å²) in [5, 5.41) is 0. The minimum atomic E-state index is 0.124. The van der Waals surface area contributed by atoms with Crippen LogP contribution in [0.4, 0.5) is 0 Å².